The largest absolute Gasteiger partial charge is 0.480 e. The lowest BCUT2D eigenvalue weighted by atomic mass is 10.4. The van der Waals surface area contributed by atoms with E-state index in [1.807, 2.05) is 0 Å². The number of nitrogens with zero attached hydrogens (tertiary/aromatic N) is 3. The SMILES string of the molecule is COc1ccc(C=NN)nn1. The van der Waals surface area contributed by atoms with Gasteiger partial charge in [-0.15, -0.1) is 10.2 Å². The molecule has 1 heterocycles. The van der Waals surface area contributed by atoms with Crippen LogP contribution in [-0.4, -0.2) is 23.5 Å². The van der Waals surface area contributed by atoms with Gasteiger partial charge in [0.1, 0.15) is 5.69 Å². The summed E-state index contributed by atoms with van der Waals surface area (Å²) in [6.07, 6.45) is 1.41. The highest BCUT2D eigenvalue weighted by atomic mass is 16.5. The van der Waals surface area contributed by atoms with Gasteiger partial charge in [0, 0.05) is 6.07 Å². The van der Waals surface area contributed by atoms with Crippen LogP contribution in [0, 0.1) is 0 Å². The van der Waals surface area contributed by atoms with Crippen molar-refractivity contribution in [3.8, 4) is 5.88 Å². The van der Waals surface area contributed by atoms with Crippen molar-refractivity contribution >= 4 is 6.21 Å². The third-order valence-corrected chi connectivity index (χ3v) is 1.08. The summed E-state index contributed by atoms with van der Waals surface area (Å²) in [5, 5.41) is 10.7. The van der Waals surface area contributed by atoms with Gasteiger partial charge in [0.2, 0.25) is 5.88 Å². The topological polar surface area (TPSA) is 73.4 Å². The Labute approximate surface area is 63.9 Å². The summed E-state index contributed by atoms with van der Waals surface area (Å²) in [4.78, 5) is 0. The Bertz CT molecular complexity index is 243. The number of hydrogen-bond acceptors (Lipinski definition) is 5. The van der Waals surface area contributed by atoms with E-state index in [2.05, 4.69) is 15.3 Å². The number of ether oxygens (including phenoxy) is 1. The molecule has 5 heteroatoms. The first kappa shape index (κ1) is 7.46. The number of hydrogen-bond donors (Lipinski definition) is 1. The normalized spacial score (nSPS) is 10.3. The van der Waals surface area contributed by atoms with Crippen molar-refractivity contribution in [2.75, 3.05) is 7.11 Å². The maximum Gasteiger partial charge on any atom is 0.233 e. The molecule has 0 fully saturated rings. The first-order valence-electron chi connectivity index (χ1n) is 2.98. The maximum absolute atomic E-state index is 4.90. The molecule has 1 aromatic heterocycles. The van der Waals surface area contributed by atoms with Gasteiger partial charge < -0.3 is 10.6 Å². The second-order valence-electron chi connectivity index (χ2n) is 1.78. The first-order chi connectivity index (χ1) is 5.36. The summed E-state index contributed by atoms with van der Waals surface area (Å²) in [6.45, 7) is 0. The van der Waals surface area contributed by atoms with E-state index in [-0.39, 0.29) is 0 Å². The highest BCUT2D eigenvalue weighted by molar-refractivity contribution is 5.76. The fourth-order valence-corrected chi connectivity index (χ4v) is 0.584. The van der Waals surface area contributed by atoms with E-state index in [0.717, 1.165) is 0 Å². The van der Waals surface area contributed by atoms with Gasteiger partial charge in [0.05, 0.1) is 13.3 Å². The van der Waals surface area contributed by atoms with Crippen LogP contribution in [0.3, 0.4) is 0 Å². The molecule has 0 radical (unpaired) electrons. The molecule has 2 N–H and O–H groups in total. The molecule has 0 aliphatic rings. The minimum absolute atomic E-state index is 0.471. The van der Waals surface area contributed by atoms with Gasteiger partial charge in [-0.2, -0.15) is 5.10 Å². The van der Waals surface area contributed by atoms with E-state index >= 15 is 0 Å². The van der Waals surface area contributed by atoms with Crippen molar-refractivity contribution in [1.82, 2.24) is 10.2 Å². The van der Waals surface area contributed by atoms with E-state index in [1.165, 1.54) is 13.3 Å². The van der Waals surface area contributed by atoms with Crippen molar-refractivity contribution in [2.24, 2.45) is 10.9 Å². The first-order valence-corrected chi connectivity index (χ1v) is 2.98. The second-order valence-corrected chi connectivity index (χ2v) is 1.78. The van der Waals surface area contributed by atoms with Gasteiger partial charge in [-0.25, -0.2) is 0 Å². The molecule has 1 aromatic rings. The number of hydrazone groups is 1. The fraction of sp³-hybridized carbons (Fsp3) is 0.167. The zero-order chi connectivity index (χ0) is 8.10. The standard InChI is InChI=1S/C6H8N4O/c1-11-6-3-2-5(4-8-7)9-10-6/h2-4H,7H2,1H3. The van der Waals surface area contributed by atoms with Crippen LogP contribution in [0.1, 0.15) is 5.69 Å². The lowest BCUT2D eigenvalue weighted by Crippen LogP contribution is -1.95. The van der Waals surface area contributed by atoms with Crippen LogP contribution in [0.25, 0.3) is 0 Å². The predicted octanol–water partition coefficient (Wildman–Crippen LogP) is -0.222. The molecule has 0 saturated carbocycles. The number of aromatic nitrogens is 2. The minimum Gasteiger partial charge on any atom is -0.480 e. The third kappa shape index (κ3) is 1.89. The Morgan fingerprint density at radius 3 is 2.82 bits per heavy atom. The molecule has 0 aliphatic heterocycles. The molecule has 1 rings (SSSR count). The van der Waals surface area contributed by atoms with Gasteiger partial charge in [-0.05, 0) is 6.07 Å². The lowest BCUT2D eigenvalue weighted by Gasteiger charge is -1.94. The Hall–Kier alpha value is -1.65. The quantitative estimate of drug-likeness (QED) is 0.361. The Morgan fingerprint density at radius 2 is 2.36 bits per heavy atom. The average molecular weight is 152 g/mol. The molecule has 0 unspecified atom stereocenters. The third-order valence-electron chi connectivity index (χ3n) is 1.08. The molecular formula is C6H8N4O. The highest BCUT2D eigenvalue weighted by Crippen LogP contribution is 2.01. The van der Waals surface area contributed by atoms with Crippen LogP contribution in [-0.2, 0) is 0 Å². The van der Waals surface area contributed by atoms with Gasteiger partial charge in [-0.3, -0.25) is 0 Å². The van der Waals surface area contributed by atoms with Gasteiger partial charge in [0.15, 0.2) is 0 Å². The van der Waals surface area contributed by atoms with Crippen molar-refractivity contribution in [3.05, 3.63) is 17.8 Å². The van der Waals surface area contributed by atoms with Crippen LogP contribution in [0.5, 0.6) is 5.88 Å². The van der Waals surface area contributed by atoms with E-state index in [1.54, 1.807) is 12.1 Å². The van der Waals surface area contributed by atoms with Gasteiger partial charge in [-0.1, -0.05) is 0 Å². The van der Waals surface area contributed by atoms with Crippen LogP contribution >= 0.6 is 0 Å². The smallest absolute Gasteiger partial charge is 0.233 e. The summed E-state index contributed by atoms with van der Waals surface area (Å²) in [5.41, 5.74) is 0.605. The summed E-state index contributed by atoms with van der Waals surface area (Å²) in [6, 6.07) is 3.40. The number of rotatable bonds is 2. The molecule has 0 bridgehead atoms. The predicted molar refractivity (Wildman–Crippen MR) is 40.4 cm³/mol. The van der Waals surface area contributed by atoms with Crippen LogP contribution in [0.15, 0.2) is 17.2 Å². The Kier molecular flexibility index (Phi) is 2.37. The van der Waals surface area contributed by atoms with Crippen LogP contribution in [0.4, 0.5) is 0 Å². The molecule has 0 spiro atoms. The van der Waals surface area contributed by atoms with Crippen molar-refractivity contribution in [1.29, 1.82) is 0 Å². The summed E-state index contributed by atoms with van der Waals surface area (Å²) in [5.74, 6) is 5.37. The molecule has 0 saturated heterocycles. The van der Waals surface area contributed by atoms with E-state index in [0.29, 0.717) is 11.6 Å². The molecular weight excluding hydrogens is 144 g/mol. The second kappa shape index (κ2) is 3.50. The van der Waals surface area contributed by atoms with Crippen molar-refractivity contribution < 1.29 is 4.74 Å². The van der Waals surface area contributed by atoms with Crippen LogP contribution < -0.4 is 10.6 Å². The summed E-state index contributed by atoms with van der Waals surface area (Å²) >= 11 is 0. The zero-order valence-corrected chi connectivity index (χ0v) is 6.06. The zero-order valence-electron chi connectivity index (χ0n) is 6.06. The molecule has 0 aliphatic carbocycles. The molecule has 5 nitrogen and oxygen atoms in total. The monoisotopic (exact) mass is 152 g/mol. The molecule has 0 atom stereocenters. The van der Waals surface area contributed by atoms with E-state index < -0.39 is 0 Å². The van der Waals surface area contributed by atoms with Gasteiger partial charge in [0.25, 0.3) is 0 Å². The van der Waals surface area contributed by atoms with Crippen molar-refractivity contribution in [2.45, 2.75) is 0 Å². The summed E-state index contributed by atoms with van der Waals surface area (Å²) < 4.78 is 4.80. The molecule has 11 heavy (non-hydrogen) atoms. The van der Waals surface area contributed by atoms with Crippen molar-refractivity contribution in [3.63, 3.8) is 0 Å². The number of methoxy groups -OCH3 is 1. The lowest BCUT2D eigenvalue weighted by molar-refractivity contribution is 0.392. The number of nitrogens with two attached hydrogens (primary N) is 1. The van der Waals surface area contributed by atoms with E-state index in [4.69, 9.17) is 10.6 Å². The molecule has 0 aromatic carbocycles. The Balaban J connectivity index is 2.82. The van der Waals surface area contributed by atoms with E-state index in [9.17, 15) is 0 Å². The minimum atomic E-state index is 0.471. The van der Waals surface area contributed by atoms with Crippen LogP contribution in [0.2, 0.25) is 0 Å². The average Bonchev–Trinajstić information content (AvgIpc) is 2.07. The maximum atomic E-state index is 4.90. The summed E-state index contributed by atoms with van der Waals surface area (Å²) in [7, 11) is 1.53. The highest BCUT2D eigenvalue weighted by Gasteiger charge is 1.92. The Morgan fingerprint density at radius 1 is 1.55 bits per heavy atom. The fourth-order valence-electron chi connectivity index (χ4n) is 0.584. The molecule has 58 valence electrons. The van der Waals surface area contributed by atoms with Gasteiger partial charge >= 0.3 is 0 Å². The molecule has 0 amide bonds.